The number of rotatable bonds is 4. The number of piperidine rings is 1. The zero-order valence-electron chi connectivity index (χ0n) is 17.8. The number of sulfonamides is 1. The average Bonchev–Trinajstić information content (AvgIpc) is 3.12. The number of hydrogen-bond donors (Lipinski definition) is 1. The molecule has 2 aliphatic heterocycles. The predicted octanol–water partition coefficient (Wildman–Crippen LogP) is 1.75. The van der Waals surface area contributed by atoms with E-state index in [1.54, 1.807) is 26.0 Å². The van der Waals surface area contributed by atoms with Crippen molar-refractivity contribution in [3.8, 4) is 5.75 Å². The maximum Gasteiger partial charge on any atom is 0.248 e. The molecule has 2 aromatic rings. The lowest BCUT2D eigenvalue weighted by Gasteiger charge is -2.39. The summed E-state index contributed by atoms with van der Waals surface area (Å²) in [6, 6.07) is 7.22. The molecule has 2 saturated heterocycles. The number of phenolic OH excluding ortho intramolecular Hbond substituents is 1. The van der Waals surface area contributed by atoms with E-state index in [9.17, 15) is 18.3 Å². The zero-order valence-corrected chi connectivity index (χ0v) is 18.6. The predicted molar refractivity (Wildman–Crippen MR) is 114 cm³/mol. The minimum Gasteiger partial charge on any atom is -0.506 e. The van der Waals surface area contributed by atoms with Gasteiger partial charge in [-0.05, 0) is 38.8 Å². The van der Waals surface area contributed by atoms with Crippen LogP contribution in [0.15, 0.2) is 33.7 Å². The number of amides is 1. The molecule has 4 rings (SSSR count). The standard InChI is InChI=1S/C21H28N4O5S/c1-15-20(16(2)30-22-15)31(28,29)25-9-7-17(8-10-25)21(27)24-13-11-23(12-14-24)18-5-3-4-6-19(18)26/h3-6,17,26H,7-14H2,1-2H3. The Balaban J connectivity index is 1.33. The maximum absolute atomic E-state index is 13.0. The van der Waals surface area contributed by atoms with Gasteiger partial charge in [-0.1, -0.05) is 17.3 Å². The number of benzene rings is 1. The Morgan fingerprint density at radius 2 is 1.71 bits per heavy atom. The number of para-hydroxylation sites is 2. The van der Waals surface area contributed by atoms with Gasteiger partial charge < -0.3 is 19.4 Å². The molecule has 168 valence electrons. The van der Waals surface area contributed by atoms with Gasteiger partial charge in [0.05, 0.1) is 5.69 Å². The molecule has 0 radical (unpaired) electrons. The molecule has 10 heteroatoms. The van der Waals surface area contributed by atoms with Gasteiger partial charge in [-0.15, -0.1) is 0 Å². The van der Waals surface area contributed by atoms with Crippen molar-refractivity contribution in [2.24, 2.45) is 5.92 Å². The van der Waals surface area contributed by atoms with Crippen LogP contribution in [0.25, 0.3) is 0 Å². The highest BCUT2D eigenvalue weighted by atomic mass is 32.2. The molecular weight excluding hydrogens is 420 g/mol. The van der Waals surface area contributed by atoms with Crippen LogP contribution in [0.2, 0.25) is 0 Å². The molecule has 3 heterocycles. The van der Waals surface area contributed by atoms with Crippen LogP contribution in [0.4, 0.5) is 5.69 Å². The Bertz CT molecular complexity index is 1030. The van der Waals surface area contributed by atoms with Crippen LogP contribution < -0.4 is 4.90 Å². The van der Waals surface area contributed by atoms with Gasteiger partial charge in [0.2, 0.25) is 15.9 Å². The van der Waals surface area contributed by atoms with Crippen molar-refractivity contribution in [2.75, 3.05) is 44.2 Å². The number of aromatic nitrogens is 1. The molecule has 1 amide bonds. The summed E-state index contributed by atoms with van der Waals surface area (Å²) in [7, 11) is -3.67. The first kappa shape index (κ1) is 21.6. The first-order chi connectivity index (χ1) is 14.8. The van der Waals surface area contributed by atoms with Crippen molar-refractivity contribution < 1.29 is 22.8 Å². The lowest BCUT2D eigenvalue weighted by molar-refractivity contribution is -0.137. The monoisotopic (exact) mass is 448 g/mol. The molecule has 2 fully saturated rings. The number of anilines is 1. The lowest BCUT2D eigenvalue weighted by atomic mass is 9.96. The summed E-state index contributed by atoms with van der Waals surface area (Å²) in [5.74, 6) is 0.450. The lowest BCUT2D eigenvalue weighted by Crippen LogP contribution is -2.52. The van der Waals surface area contributed by atoms with Gasteiger partial charge in [-0.2, -0.15) is 4.31 Å². The molecule has 0 bridgehead atoms. The Hall–Kier alpha value is -2.59. The summed E-state index contributed by atoms with van der Waals surface area (Å²) >= 11 is 0. The highest BCUT2D eigenvalue weighted by molar-refractivity contribution is 7.89. The number of nitrogens with zero attached hydrogens (tertiary/aromatic N) is 4. The molecule has 0 spiro atoms. The normalized spacial score (nSPS) is 19.0. The molecule has 2 aliphatic rings. The van der Waals surface area contributed by atoms with Gasteiger partial charge in [-0.25, -0.2) is 8.42 Å². The van der Waals surface area contributed by atoms with Gasteiger partial charge in [0, 0.05) is 45.2 Å². The Kier molecular flexibility index (Phi) is 5.94. The second kappa shape index (κ2) is 8.51. The van der Waals surface area contributed by atoms with Crippen molar-refractivity contribution in [1.29, 1.82) is 0 Å². The fraction of sp³-hybridized carbons (Fsp3) is 0.524. The van der Waals surface area contributed by atoms with Crippen molar-refractivity contribution in [1.82, 2.24) is 14.4 Å². The Labute approximate surface area is 182 Å². The van der Waals surface area contributed by atoms with Crippen molar-refractivity contribution in [2.45, 2.75) is 31.6 Å². The van der Waals surface area contributed by atoms with E-state index >= 15 is 0 Å². The minimum absolute atomic E-state index is 0.0892. The van der Waals surface area contributed by atoms with Gasteiger partial charge in [0.15, 0.2) is 5.76 Å². The molecule has 0 aliphatic carbocycles. The van der Waals surface area contributed by atoms with Crippen LogP contribution in [-0.4, -0.2) is 73.1 Å². The molecule has 31 heavy (non-hydrogen) atoms. The van der Waals surface area contributed by atoms with E-state index in [4.69, 9.17) is 4.52 Å². The van der Waals surface area contributed by atoms with E-state index in [2.05, 4.69) is 10.1 Å². The number of piperazine rings is 1. The van der Waals surface area contributed by atoms with Crippen LogP contribution in [0, 0.1) is 19.8 Å². The van der Waals surface area contributed by atoms with E-state index in [1.165, 1.54) is 4.31 Å². The van der Waals surface area contributed by atoms with E-state index < -0.39 is 10.0 Å². The maximum atomic E-state index is 13.0. The number of carbonyl (C=O) groups is 1. The third-order valence-electron chi connectivity index (χ3n) is 6.18. The van der Waals surface area contributed by atoms with Gasteiger partial charge >= 0.3 is 0 Å². The van der Waals surface area contributed by atoms with Crippen LogP contribution in [-0.2, 0) is 14.8 Å². The first-order valence-electron chi connectivity index (χ1n) is 10.5. The summed E-state index contributed by atoms with van der Waals surface area (Å²) in [5.41, 5.74) is 1.14. The fourth-order valence-corrected chi connectivity index (χ4v) is 6.23. The zero-order chi connectivity index (χ0) is 22.2. The molecule has 0 unspecified atom stereocenters. The van der Waals surface area contributed by atoms with Gasteiger partial charge in [0.1, 0.15) is 16.3 Å². The highest BCUT2D eigenvalue weighted by Gasteiger charge is 2.37. The largest absolute Gasteiger partial charge is 0.506 e. The summed E-state index contributed by atoms with van der Waals surface area (Å²) in [4.78, 5) is 17.1. The van der Waals surface area contributed by atoms with Crippen molar-refractivity contribution in [3.05, 3.63) is 35.7 Å². The third kappa shape index (κ3) is 4.14. The van der Waals surface area contributed by atoms with Crippen LogP contribution >= 0.6 is 0 Å². The van der Waals surface area contributed by atoms with Crippen LogP contribution in [0.3, 0.4) is 0 Å². The number of hydrogen-bond acceptors (Lipinski definition) is 7. The molecular formula is C21H28N4O5S. The Morgan fingerprint density at radius 1 is 1.06 bits per heavy atom. The number of carbonyl (C=O) groups excluding carboxylic acids is 1. The summed E-state index contributed by atoms with van der Waals surface area (Å²) in [6.45, 7) is 6.31. The highest BCUT2D eigenvalue weighted by Crippen LogP contribution is 2.30. The van der Waals surface area contributed by atoms with E-state index in [-0.39, 0.29) is 28.2 Å². The molecule has 0 atom stereocenters. The van der Waals surface area contributed by atoms with Crippen molar-refractivity contribution in [3.63, 3.8) is 0 Å². The number of phenols is 1. The minimum atomic E-state index is -3.67. The molecule has 0 saturated carbocycles. The molecule has 1 N–H and O–H groups in total. The SMILES string of the molecule is Cc1noc(C)c1S(=O)(=O)N1CCC(C(=O)N2CCN(c3ccccc3O)CC2)CC1. The van der Waals surface area contributed by atoms with Crippen molar-refractivity contribution >= 4 is 21.6 Å². The molecule has 9 nitrogen and oxygen atoms in total. The van der Waals surface area contributed by atoms with E-state index in [0.717, 1.165) is 5.69 Å². The second-order valence-electron chi connectivity index (χ2n) is 8.13. The van der Waals surface area contributed by atoms with Gasteiger partial charge in [0.25, 0.3) is 0 Å². The topological polar surface area (TPSA) is 107 Å². The first-order valence-corrected chi connectivity index (χ1v) is 12.0. The molecule has 1 aromatic carbocycles. The number of aryl methyl sites for hydroxylation is 2. The third-order valence-corrected chi connectivity index (χ3v) is 8.33. The smallest absolute Gasteiger partial charge is 0.248 e. The average molecular weight is 449 g/mol. The molecule has 1 aromatic heterocycles. The van der Waals surface area contributed by atoms with Crippen LogP contribution in [0.5, 0.6) is 5.75 Å². The van der Waals surface area contributed by atoms with E-state index in [1.807, 2.05) is 17.0 Å². The number of aromatic hydroxyl groups is 1. The van der Waals surface area contributed by atoms with Crippen LogP contribution in [0.1, 0.15) is 24.3 Å². The fourth-order valence-electron chi connectivity index (χ4n) is 4.47. The summed E-state index contributed by atoms with van der Waals surface area (Å²) < 4.78 is 32.4. The Morgan fingerprint density at radius 3 is 2.29 bits per heavy atom. The van der Waals surface area contributed by atoms with Gasteiger partial charge in [-0.3, -0.25) is 4.79 Å². The van der Waals surface area contributed by atoms with E-state index in [0.29, 0.717) is 57.8 Å². The second-order valence-corrected chi connectivity index (χ2v) is 10.0. The quantitative estimate of drug-likeness (QED) is 0.759. The summed E-state index contributed by atoms with van der Waals surface area (Å²) in [6.07, 6.45) is 1.00. The summed E-state index contributed by atoms with van der Waals surface area (Å²) in [5, 5.41) is 13.8.